The molecule has 0 unspecified atom stereocenters. The Bertz CT molecular complexity index is 518. The Kier molecular flexibility index (Phi) is 4.00. The van der Waals surface area contributed by atoms with Crippen molar-refractivity contribution in [1.82, 2.24) is 0 Å². The lowest BCUT2D eigenvalue weighted by atomic mass is 10.1. The van der Waals surface area contributed by atoms with E-state index in [0.717, 1.165) is 5.56 Å². The van der Waals surface area contributed by atoms with E-state index in [0.29, 0.717) is 17.2 Å². The Morgan fingerprint density at radius 2 is 1.47 bits per heavy atom. The first kappa shape index (κ1) is 13.3. The van der Waals surface area contributed by atoms with E-state index in [2.05, 4.69) is 20.5 Å². The van der Waals surface area contributed by atoms with E-state index in [1.165, 1.54) is 0 Å². The van der Waals surface area contributed by atoms with Gasteiger partial charge >= 0.3 is 0 Å². The molecular formula is C11H12N4O3S. The number of methoxy groups -OCH3 is 3. The molecule has 0 spiro atoms. The molecule has 0 fully saturated rings. The van der Waals surface area contributed by atoms with Crippen LogP contribution in [0.4, 0.5) is 0 Å². The summed E-state index contributed by atoms with van der Waals surface area (Å²) in [6, 6.07) is 3.50. The third kappa shape index (κ3) is 2.68. The molecule has 8 heteroatoms. The van der Waals surface area contributed by atoms with Gasteiger partial charge in [0.05, 0.1) is 21.3 Å². The maximum atomic E-state index is 5.26. The van der Waals surface area contributed by atoms with Crippen molar-refractivity contribution in [2.75, 3.05) is 21.3 Å². The summed E-state index contributed by atoms with van der Waals surface area (Å²) in [5.41, 5.74) is 0.726. The highest BCUT2D eigenvalue weighted by Gasteiger charge is 2.20. The zero-order chi connectivity index (χ0) is 13.8. The summed E-state index contributed by atoms with van der Waals surface area (Å²) >= 11 is 4.76. The van der Waals surface area contributed by atoms with E-state index in [-0.39, 0.29) is 5.11 Å². The molecule has 0 aromatic heterocycles. The van der Waals surface area contributed by atoms with E-state index in [1.807, 2.05) is 0 Å². The van der Waals surface area contributed by atoms with Crippen molar-refractivity contribution in [3.63, 3.8) is 0 Å². The highest BCUT2D eigenvalue weighted by atomic mass is 32.1. The quantitative estimate of drug-likeness (QED) is 0.794. The van der Waals surface area contributed by atoms with Crippen molar-refractivity contribution < 1.29 is 14.2 Å². The lowest BCUT2D eigenvalue weighted by Crippen LogP contribution is -2.01. The molecule has 0 radical (unpaired) electrons. The third-order valence-electron chi connectivity index (χ3n) is 2.49. The van der Waals surface area contributed by atoms with Gasteiger partial charge in [-0.3, -0.25) is 0 Å². The second-order valence-corrected chi connectivity index (χ2v) is 3.91. The Morgan fingerprint density at radius 3 is 1.89 bits per heavy atom. The smallest absolute Gasteiger partial charge is 0.259 e. The Balaban J connectivity index is 2.44. The average Bonchev–Trinajstić information content (AvgIpc) is 2.46. The molecule has 100 valence electrons. The van der Waals surface area contributed by atoms with Crippen LogP contribution in [-0.4, -0.2) is 26.4 Å². The highest BCUT2D eigenvalue weighted by Crippen LogP contribution is 2.40. The molecule has 0 bridgehead atoms. The molecule has 2 rings (SSSR count). The summed E-state index contributed by atoms with van der Waals surface area (Å²) in [5, 5.41) is 15.5. The van der Waals surface area contributed by atoms with Gasteiger partial charge in [-0.25, -0.2) is 0 Å². The van der Waals surface area contributed by atoms with Gasteiger partial charge in [-0.1, -0.05) is 0 Å². The van der Waals surface area contributed by atoms with Gasteiger partial charge in [0.1, 0.15) is 0 Å². The predicted octanol–water partition coefficient (Wildman–Crippen LogP) is 2.91. The fraction of sp³-hybridized carbons (Fsp3) is 0.364. The Hall–Kier alpha value is -2.09. The molecule has 0 aliphatic carbocycles. The molecule has 0 saturated heterocycles. The molecule has 0 N–H and O–H groups in total. The van der Waals surface area contributed by atoms with Crippen LogP contribution in [-0.2, 0) is 0 Å². The summed E-state index contributed by atoms with van der Waals surface area (Å²) in [6.45, 7) is 0. The third-order valence-corrected chi connectivity index (χ3v) is 2.65. The molecule has 1 aliphatic rings. The zero-order valence-corrected chi connectivity index (χ0v) is 11.5. The van der Waals surface area contributed by atoms with Crippen LogP contribution in [0.3, 0.4) is 0 Å². The van der Waals surface area contributed by atoms with Crippen molar-refractivity contribution in [1.29, 1.82) is 0 Å². The molecule has 7 nitrogen and oxygen atoms in total. The van der Waals surface area contributed by atoms with Gasteiger partial charge in [-0.2, -0.15) is 10.2 Å². The van der Waals surface area contributed by atoms with Crippen LogP contribution in [0.25, 0.3) is 0 Å². The topological polar surface area (TPSA) is 77.1 Å². The van der Waals surface area contributed by atoms with E-state index < -0.39 is 6.17 Å². The lowest BCUT2D eigenvalue weighted by Gasteiger charge is -2.15. The molecule has 1 aromatic carbocycles. The van der Waals surface area contributed by atoms with Gasteiger partial charge < -0.3 is 14.2 Å². The average molecular weight is 280 g/mol. The highest BCUT2D eigenvalue weighted by molar-refractivity contribution is 7.80. The molecule has 0 amide bonds. The number of rotatable bonds is 4. The second kappa shape index (κ2) is 5.70. The molecule has 0 saturated carbocycles. The molecule has 0 atom stereocenters. The van der Waals surface area contributed by atoms with Crippen LogP contribution in [0.1, 0.15) is 11.7 Å². The van der Waals surface area contributed by atoms with Crippen LogP contribution >= 0.6 is 12.2 Å². The monoisotopic (exact) mass is 280 g/mol. The molecule has 1 heterocycles. The van der Waals surface area contributed by atoms with Gasteiger partial charge in [0.25, 0.3) is 5.11 Å². The first-order valence-electron chi connectivity index (χ1n) is 5.35. The number of thiocarbonyl (C=S) groups is 1. The molecular weight excluding hydrogens is 268 g/mol. The number of benzene rings is 1. The van der Waals surface area contributed by atoms with Crippen molar-refractivity contribution in [2.45, 2.75) is 6.17 Å². The second-order valence-electron chi connectivity index (χ2n) is 3.55. The van der Waals surface area contributed by atoms with Crippen LogP contribution in [0, 0.1) is 0 Å². The predicted molar refractivity (Wildman–Crippen MR) is 71.1 cm³/mol. The normalized spacial score (nSPS) is 14.6. The van der Waals surface area contributed by atoms with E-state index in [1.54, 1.807) is 33.5 Å². The number of ether oxygens (including phenoxy) is 3. The van der Waals surface area contributed by atoms with Gasteiger partial charge in [0.15, 0.2) is 11.5 Å². The standard InChI is InChI=1S/C11H12N4O3S/c1-16-7-4-6(5-8(17-2)9(7)18-3)10-12-14-11(19)15-13-10/h4-5,10H,1-3H3. The zero-order valence-electron chi connectivity index (χ0n) is 10.7. The van der Waals surface area contributed by atoms with Crippen LogP contribution < -0.4 is 14.2 Å². The van der Waals surface area contributed by atoms with Gasteiger partial charge in [-0.05, 0) is 24.4 Å². The first-order valence-corrected chi connectivity index (χ1v) is 5.76. The Labute approximate surface area is 115 Å². The minimum absolute atomic E-state index is 0.115. The minimum Gasteiger partial charge on any atom is -0.493 e. The minimum atomic E-state index is -0.555. The van der Waals surface area contributed by atoms with Crippen molar-refractivity contribution in [3.05, 3.63) is 17.7 Å². The maximum Gasteiger partial charge on any atom is 0.259 e. The van der Waals surface area contributed by atoms with Gasteiger partial charge in [0.2, 0.25) is 11.9 Å². The summed E-state index contributed by atoms with van der Waals surface area (Å²) in [7, 11) is 4.62. The fourth-order valence-electron chi connectivity index (χ4n) is 1.64. The summed E-state index contributed by atoms with van der Waals surface area (Å²) in [5.74, 6) is 1.56. The Morgan fingerprint density at radius 1 is 0.947 bits per heavy atom. The number of hydrogen-bond donors (Lipinski definition) is 0. The largest absolute Gasteiger partial charge is 0.493 e. The fourth-order valence-corrected chi connectivity index (χ4v) is 1.73. The van der Waals surface area contributed by atoms with E-state index in [9.17, 15) is 0 Å². The maximum absolute atomic E-state index is 5.26. The van der Waals surface area contributed by atoms with Crippen LogP contribution in [0.15, 0.2) is 32.6 Å². The molecule has 1 aromatic rings. The van der Waals surface area contributed by atoms with E-state index in [4.69, 9.17) is 26.4 Å². The first-order chi connectivity index (χ1) is 9.19. The van der Waals surface area contributed by atoms with Crippen molar-refractivity contribution in [3.8, 4) is 17.2 Å². The van der Waals surface area contributed by atoms with Crippen molar-refractivity contribution >= 4 is 17.3 Å². The number of nitrogens with zero attached hydrogens (tertiary/aromatic N) is 4. The van der Waals surface area contributed by atoms with Gasteiger partial charge in [0, 0.05) is 5.56 Å². The van der Waals surface area contributed by atoms with E-state index >= 15 is 0 Å². The summed E-state index contributed by atoms with van der Waals surface area (Å²) in [4.78, 5) is 0. The molecule has 19 heavy (non-hydrogen) atoms. The summed E-state index contributed by atoms with van der Waals surface area (Å²) in [6.07, 6.45) is -0.555. The van der Waals surface area contributed by atoms with Crippen molar-refractivity contribution in [2.24, 2.45) is 20.5 Å². The summed E-state index contributed by atoms with van der Waals surface area (Å²) < 4.78 is 15.8. The van der Waals surface area contributed by atoms with Crippen LogP contribution in [0.5, 0.6) is 17.2 Å². The SMILES string of the molecule is COc1cc(C2N=NC(=S)N=N2)cc(OC)c1OC. The van der Waals surface area contributed by atoms with Crippen LogP contribution in [0.2, 0.25) is 0 Å². The number of hydrogen-bond acceptors (Lipinski definition) is 6. The number of azo groups is 2. The molecule has 1 aliphatic heterocycles. The van der Waals surface area contributed by atoms with Gasteiger partial charge in [-0.15, -0.1) is 10.2 Å². The lowest BCUT2D eigenvalue weighted by molar-refractivity contribution is 0.323.